The van der Waals surface area contributed by atoms with Gasteiger partial charge in [-0.3, -0.25) is 9.36 Å². The van der Waals surface area contributed by atoms with Gasteiger partial charge in [0.15, 0.2) is 16.8 Å². The highest BCUT2D eigenvalue weighted by atomic mass is 32.2. The molecule has 0 spiro atoms. The molecule has 0 unspecified atom stereocenters. The largest absolute Gasteiger partial charge is 0.293 e. The van der Waals surface area contributed by atoms with Crippen LogP contribution in [-0.4, -0.2) is 26.3 Å². The van der Waals surface area contributed by atoms with E-state index in [0.29, 0.717) is 10.9 Å². The fourth-order valence-corrected chi connectivity index (χ4v) is 5.48. The Hall–Kier alpha value is -3.70. The molecule has 5 aromatic rings. The van der Waals surface area contributed by atoms with E-state index in [1.165, 1.54) is 28.3 Å². The zero-order valence-corrected chi connectivity index (χ0v) is 18.8. The number of hydrogen-bond donors (Lipinski definition) is 0. The zero-order chi connectivity index (χ0) is 22.2. The Kier molecular flexibility index (Phi) is 5.04. The fraction of sp³-hybridized carbons (Fsp3) is 0.107. The van der Waals surface area contributed by atoms with E-state index >= 15 is 0 Å². The van der Waals surface area contributed by atoms with E-state index in [-0.39, 0.29) is 5.78 Å². The van der Waals surface area contributed by atoms with E-state index in [1.807, 2.05) is 71.3 Å². The van der Waals surface area contributed by atoms with E-state index in [9.17, 15) is 4.79 Å². The van der Waals surface area contributed by atoms with E-state index < -0.39 is 0 Å². The van der Waals surface area contributed by atoms with E-state index in [2.05, 4.69) is 34.5 Å². The van der Waals surface area contributed by atoms with Gasteiger partial charge in [-0.2, -0.15) is 0 Å². The van der Waals surface area contributed by atoms with Gasteiger partial charge in [-0.15, -0.1) is 10.2 Å². The van der Waals surface area contributed by atoms with Crippen molar-refractivity contribution in [1.29, 1.82) is 0 Å². The number of para-hydroxylation sites is 1. The highest BCUT2D eigenvalue weighted by Gasteiger charge is 2.21. The number of thioether (sulfide) groups is 1. The van der Waals surface area contributed by atoms with Crippen molar-refractivity contribution >= 4 is 28.3 Å². The van der Waals surface area contributed by atoms with Gasteiger partial charge in [-0.25, -0.2) is 0 Å². The molecule has 6 rings (SSSR count). The van der Waals surface area contributed by atoms with Crippen LogP contribution in [0.3, 0.4) is 0 Å². The molecule has 1 aromatic heterocycles. The molecule has 0 N–H and O–H groups in total. The van der Waals surface area contributed by atoms with Crippen molar-refractivity contribution in [3.05, 3.63) is 108 Å². The molecule has 0 amide bonds. The SMILES string of the molecule is O=C(CSc1nnc(-c2ccccc2)n1-c1ccccc1)c1ccc2c3c(cccc13)CC2. The molecule has 0 aliphatic heterocycles. The van der Waals surface area contributed by atoms with Gasteiger partial charge in [0.25, 0.3) is 0 Å². The zero-order valence-electron chi connectivity index (χ0n) is 17.9. The minimum atomic E-state index is 0.111. The maximum absolute atomic E-state index is 13.3. The summed E-state index contributed by atoms with van der Waals surface area (Å²) in [5.74, 6) is 1.18. The van der Waals surface area contributed by atoms with Crippen molar-refractivity contribution in [2.45, 2.75) is 18.0 Å². The average molecular weight is 448 g/mol. The van der Waals surface area contributed by atoms with Crippen molar-refractivity contribution in [3.63, 3.8) is 0 Å². The molecule has 4 aromatic carbocycles. The van der Waals surface area contributed by atoms with E-state index in [4.69, 9.17) is 0 Å². The maximum Gasteiger partial charge on any atom is 0.196 e. The van der Waals surface area contributed by atoms with Crippen LogP contribution >= 0.6 is 11.8 Å². The first-order valence-electron chi connectivity index (χ1n) is 11.1. The van der Waals surface area contributed by atoms with Crippen molar-refractivity contribution in [2.24, 2.45) is 0 Å². The van der Waals surface area contributed by atoms with E-state index in [1.54, 1.807) is 0 Å². The summed E-state index contributed by atoms with van der Waals surface area (Å²) in [6, 6.07) is 30.5. The lowest BCUT2D eigenvalue weighted by molar-refractivity contribution is 0.102. The van der Waals surface area contributed by atoms with Crippen LogP contribution in [-0.2, 0) is 12.8 Å². The predicted octanol–water partition coefficient (Wildman–Crippen LogP) is 6.16. The molecule has 5 heteroatoms. The van der Waals surface area contributed by atoms with Crippen LogP contribution in [0.2, 0.25) is 0 Å². The third-order valence-electron chi connectivity index (χ3n) is 6.19. The molecular formula is C28H21N3OS. The van der Waals surface area contributed by atoms with Crippen molar-refractivity contribution in [1.82, 2.24) is 14.8 Å². The number of Topliss-reactive ketones (excluding diaryl/α,β-unsaturated/α-hetero) is 1. The van der Waals surface area contributed by atoms with Crippen LogP contribution in [0.1, 0.15) is 21.5 Å². The Bertz CT molecular complexity index is 1470. The summed E-state index contributed by atoms with van der Waals surface area (Å²) in [4.78, 5) is 13.3. The molecule has 0 saturated heterocycles. The Labute approximate surface area is 196 Å². The Morgan fingerprint density at radius 3 is 2.30 bits per heavy atom. The molecule has 4 nitrogen and oxygen atoms in total. The molecule has 1 aliphatic carbocycles. The lowest BCUT2D eigenvalue weighted by atomic mass is 9.98. The Balaban J connectivity index is 1.34. The van der Waals surface area contributed by atoms with Gasteiger partial charge in [0.05, 0.1) is 5.75 Å². The second-order valence-corrected chi connectivity index (χ2v) is 9.11. The van der Waals surface area contributed by atoms with Crippen molar-refractivity contribution < 1.29 is 4.79 Å². The minimum absolute atomic E-state index is 0.111. The van der Waals surface area contributed by atoms with Gasteiger partial charge in [0.1, 0.15) is 0 Å². The summed E-state index contributed by atoms with van der Waals surface area (Å²) in [7, 11) is 0. The Morgan fingerprint density at radius 1 is 0.788 bits per heavy atom. The molecule has 1 heterocycles. The topological polar surface area (TPSA) is 47.8 Å². The van der Waals surface area contributed by atoms with Crippen LogP contribution in [0, 0.1) is 0 Å². The van der Waals surface area contributed by atoms with Crippen LogP contribution < -0.4 is 0 Å². The molecule has 0 saturated carbocycles. The van der Waals surface area contributed by atoms with Gasteiger partial charge in [0, 0.05) is 16.8 Å². The minimum Gasteiger partial charge on any atom is -0.293 e. The average Bonchev–Trinajstić information content (AvgIpc) is 3.49. The normalized spacial score (nSPS) is 12.4. The smallest absolute Gasteiger partial charge is 0.196 e. The number of aromatic nitrogens is 3. The first-order chi connectivity index (χ1) is 16.3. The molecule has 1 aliphatic rings. The number of carbonyl (C=O) groups excluding carboxylic acids is 1. The highest BCUT2D eigenvalue weighted by molar-refractivity contribution is 7.99. The number of nitrogens with zero attached hydrogens (tertiary/aromatic N) is 3. The van der Waals surface area contributed by atoms with Crippen LogP contribution in [0.25, 0.3) is 27.8 Å². The number of carbonyl (C=O) groups is 1. The molecule has 33 heavy (non-hydrogen) atoms. The second kappa shape index (κ2) is 8.34. The first kappa shape index (κ1) is 19.9. The van der Waals surface area contributed by atoms with Crippen LogP contribution in [0.4, 0.5) is 0 Å². The highest BCUT2D eigenvalue weighted by Crippen LogP contribution is 2.34. The Morgan fingerprint density at radius 2 is 1.52 bits per heavy atom. The van der Waals surface area contributed by atoms with Crippen LogP contribution in [0.15, 0.2) is 96.2 Å². The summed E-state index contributed by atoms with van der Waals surface area (Å²) in [6.45, 7) is 0. The summed E-state index contributed by atoms with van der Waals surface area (Å²) in [5, 5.41) is 12.0. The number of benzene rings is 4. The number of hydrogen-bond acceptors (Lipinski definition) is 4. The third-order valence-corrected chi connectivity index (χ3v) is 7.12. The van der Waals surface area contributed by atoms with Gasteiger partial charge in [-0.1, -0.05) is 90.6 Å². The third kappa shape index (κ3) is 3.55. The van der Waals surface area contributed by atoms with Crippen LogP contribution in [0.5, 0.6) is 0 Å². The molecule has 0 radical (unpaired) electrons. The summed E-state index contributed by atoms with van der Waals surface area (Å²) in [6.07, 6.45) is 2.11. The molecular weight excluding hydrogens is 426 g/mol. The fourth-order valence-electron chi connectivity index (χ4n) is 4.65. The summed E-state index contributed by atoms with van der Waals surface area (Å²) >= 11 is 1.43. The molecule has 0 bridgehead atoms. The van der Waals surface area contributed by atoms with Gasteiger partial charge in [-0.05, 0) is 46.9 Å². The van der Waals surface area contributed by atoms with Gasteiger partial charge in [0.2, 0.25) is 0 Å². The predicted molar refractivity (Wildman–Crippen MR) is 133 cm³/mol. The second-order valence-electron chi connectivity index (χ2n) is 8.17. The van der Waals surface area contributed by atoms with Gasteiger partial charge >= 0.3 is 0 Å². The number of aryl methyl sites for hydroxylation is 2. The first-order valence-corrected chi connectivity index (χ1v) is 12.0. The lowest BCUT2D eigenvalue weighted by Crippen LogP contribution is -2.06. The summed E-state index contributed by atoms with van der Waals surface area (Å²) < 4.78 is 2.03. The monoisotopic (exact) mass is 447 g/mol. The standard InChI is InChI=1S/C28H21N3OS/c32-25(23-17-16-20-15-14-19-10-7-13-24(23)26(19)20)18-33-28-30-29-27(21-8-3-1-4-9-21)31(28)22-11-5-2-6-12-22/h1-13,16-17H,14-15,18H2. The van der Waals surface area contributed by atoms with Gasteiger partial charge < -0.3 is 0 Å². The molecule has 160 valence electrons. The lowest BCUT2D eigenvalue weighted by Gasteiger charge is -2.11. The number of rotatable bonds is 6. The van der Waals surface area contributed by atoms with Crippen molar-refractivity contribution in [3.8, 4) is 17.1 Å². The van der Waals surface area contributed by atoms with Crippen molar-refractivity contribution in [2.75, 3.05) is 5.75 Å². The molecule has 0 fully saturated rings. The van der Waals surface area contributed by atoms with E-state index in [0.717, 1.165) is 40.9 Å². The molecule has 0 atom stereocenters. The quantitative estimate of drug-likeness (QED) is 0.231. The maximum atomic E-state index is 13.3. The summed E-state index contributed by atoms with van der Waals surface area (Å²) in [5.41, 5.74) is 5.45. The number of ketones is 1.